The molecule has 0 aliphatic carbocycles. The predicted octanol–water partition coefficient (Wildman–Crippen LogP) is 22.1. The topological polar surface area (TPSA) is 78.9 Å². The maximum Gasteiger partial charge on any atom is 0.306 e. The maximum atomic E-state index is 12.8. The molecule has 0 aliphatic rings. The molecule has 0 amide bonds. The van der Waals surface area contributed by atoms with Crippen molar-refractivity contribution in [2.75, 3.05) is 13.2 Å². The van der Waals surface area contributed by atoms with Crippen molar-refractivity contribution >= 4 is 17.9 Å². The summed E-state index contributed by atoms with van der Waals surface area (Å²) in [5, 5.41) is 0. The lowest BCUT2D eigenvalue weighted by atomic mass is 10.0. The molecule has 0 radical (unpaired) electrons. The lowest BCUT2D eigenvalue weighted by Crippen LogP contribution is -2.30. The van der Waals surface area contributed by atoms with Crippen LogP contribution < -0.4 is 0 Å². The highest BCUT2D eigenvalue weighted by atomic mass is 16.6. The third-order valence-electron chi connectivity index (χ3n) is 15.0. The maximum absolute atomic E-state index is 12.8. The van der Waals surface area contributed by atoms with Gasteiger partial charge < -0.3 is 14.2 Å². The molecular weight excluding hydrogens is 889 g/mol. The van der Waals surface area contributed by atoms with E-state index in [0.29, 0.717) is 19.3 Å². The highest BCUT2D eigenvalue weighted by molar-refractivity contribution is 5.71. The third kappa shape index (κ3) is 59.0. The van der Waals surface area contributed by atoms with E-state index in [4.69, 9.17) is 14.2 Å². The first kappa shape index (κ1) is 70.1. The van der Waals surface area contributed by atoms with Crippen molar-refractivity contribution in [1.29, 1.82) is 0 Å². The number of ether oxygens (including phenoxy) is 3. The van der Waals surface area contributed by atoms with E-state index in [9.17, 15) is 14.4 Å². The van der Waals surface area contributed by atoms with Gasteiger partial charge in [-0.15, -0.1) is 0 Å². The Kier molecular flexibility index (Phi) is 60.1. The van der Waals surface area contributed by atoms with Gasteiger partial charge in [0.25, 0.3) is 0 Å². The Morgan fingerprint density at radius 2 is 0.486 bits per heavy atom. The first-order chi connectivity index (χ1) is 35.5. The molecule has 1 atom stereocenters. The summed E-state index contributed by atoms with van der Waals surface area (Å²) >= 11 is 0. The van der Waals surface area contributed by atoms with Crippen molar-refractivity contribution in [2.24, 2.45) is 0 Å². The molecular formula is C66H126O6. The third-order valence-corrected chi connectivity index (χ3v) is 15.0. The zero-order valence-electron chi connectivity index (χ0n) is 49.0. The first-order valence-corrected chi connectivity index (χ1v) is 32.7. The Balaban J connectivity index is 3.84. The van der Waals surface area contributed by atoms with Gasteiger partial charge in [-0.2, -0.15) is 0 Å². The zero-order chi connectivity index (χ0) is 52.2. The lowest BCUT2D eigenvalue weighted by Gasteiger charge is -2.18. The molecule has 0 N–H and O–H groups in total. The molecule has 0 fully saturated rings. The van der Waals surface area contributed by atoms with E-state index >= 15 is 0 Å². The van der Waals surface area contributed by atoms with E-state index in [1.165, 1.54) is 263 Å². The van der Waals surface area contributed by atoms with Crippen LogP contribution in [0.2, 0.25) is 0 Å². The molecule has 0 saturated carbocycles. The van der Waals surface area contributed by atoms with Crippen LogP contribution in [0.4, 0.5) is 0 Å². The van der Waals surface area contributed by atoms with E-state index in [1.807, 2.05) is 0 Å². The van der Waals surface area contributed by atoms with Crippen LogP contribution in [0.25, 0.3) is 0 Å². The monoisotopic (exact) mass is 1010 g/mol. The molecule has 0 aromatic carbocycles. The minimum Gasteiger partial charge on any atom is -0.462 e. The van der Waals surface area contributed by atoms with Gasteiger partial charge in [-0.3, -0.25) is 14.4 Å². The largest absolute Gasteiger partial charge is 0.462 e. The summed E-state index contributed by atoms with van der Waals surface area (Å²) in [5.41, 5.74) is 0. The van der Waals surface area contributed by atoms with Crippen molar-refractivity contribution in [2.45, 2.75) is 380 Å². The highest BCUT2D eigenvalue weighted by Gasteiger charge is 2.19. The van der Waals surface area contributed by atoms with Crippen LogP contribution >= 0.6 is 0 Å². The molecule has 0 aromatic rings. The number of carbonyl (C=O) groups is 3. The second-order valence-electron chi connectivity index (χ2n) is 22.4. The second-order valence-corrected chi connectivity index (χ2v) is 22.4. The number of hydrogen-bond acceptors (Lipinski definition) is 6. The van der Waals surface area contributed by atoms with Crippen LogP contribution in [0.3, 0.4) is 0 Å². The van der Waals surface area contributed by atoms with Crippen molar-refractivity contribution in [1.82, 2.24) is 0 Å². The van der Waals surface area contributed by atoms with Crippen molar-refractivity contribution < 1.29 is 28.6 Å². The van der Waals surface area contributed by atoms with Crippen LogP contribution in [0.5, 0.6) is 0 Å². The van der Waals surface area contributed by atoms with E-state index in [1.54, 1.807) is 0 Å². The number of carbonyl (C=O) groups excluding carboxylic acids is 3. The molecule has 1 unspecified atom stereocenters. The van der Waals surface area contributed by atoms with Crippen molar-refractivity contribution in [3.8, 4) is 0 Å². The van der Waals surface area contributed by atoms with Gasteiger partial charge in [0.15, 0.2) is 6.10 Å². The lowest BCUT2D eigenvalue weighted by molar-refractivity contribution is -0.167. The molecule has 426 valence electrons. The Morgan fingerprint density at radius 1 is 0.264 bits per heavy atom. The summed E-state index contributed by atoms with van der Waals surface area (Å²) in [6, 6.07) is 0. The average Bonchev–Trinajstić information content (AvgIpc) is 3.38. The van der Waals surface area contributed by atoms with Crippen LogP contribution in [0.15, 0.2) is 12.2 Å². The summed E-state index contributed by atoms with van der Waals surface area (Å²) < 4.78 is 16.8. The molecule has 0 saturated heterocycles. The number of rotatable bonds is 61. The van der Waals surface area contributed by atoms with Crippen LogP contribution in [-0.4, -0.2) is 37.2 Å². The summed E-state index contributed by atoms with van der Waals surface area (Å²) in [4.78, 5) is 37.9. The molecule has 0 rings (SSSR count). The van der Waals surface area contributed by atoms with E-state index in [2.05, 4.69) is 32.9 Å². The number of esters is 3. The number of allylic oxidation sites excluding steroid dienone is 2. The Labute approximate surface area is 450 Å². The fourth-order valence-electron chi connectivity index (χ4n) is 10.1. The summed E-state index contributed by atoms with van der Waals surface area (Å²) in [6.07, 6.45) is 72.9. The van der Waals surface area contributed by atoms with E-state index < -0.39 is 6.10 Å². The molecule has 0 spiro atoms. The minimum absolute atomic E-state index is 0.0683. The standard InChI is InChI=1S/C66H126O6/c1-4-7-10-13-16-19-21-22-23-24-25-26-27-28-29-30-31-32-33-34-35-36-37-38-39-40-41-42-43-44-45-48-50-53-56-59-65(68)71-62-63(61-70-64(67)58-55-52-49-46-18-15-12-9-6-3)72-66(69)60-57-54-51-47-20-17-14-11-8-5-2/h11,14,63H,4-10,12-13,15-62H2,1-3H3/b14-11-. The summed E-state index contributed by atoms with van der Waals surface area (Å²) in [6.45, 7) is 6.60. The van der Waals surface area contributed by atoms with Gasteiger partial charge in [-0.1, -0.05) is 328 Å². The first-order valence-electron chi connectivity index (χ1n) is 32.7. The van der Waals surface area contributed by atoms with Crippen molar-refractivity contribution in [3.05, 3.63) is 12.2 Å². The predicted molar refractivity (Wildman–Crippen MR) is 312 cm³/mol. The Hall–Kier alpha value is -1.85. The molecule has 0 aliphatic heterocycles. The molecule has 6 heteroatoms. The molecule has 0 aromatic heterocycles. The van der Waals surface area contributed by atoms with Gasteiger partial charge in [0, 0.05) is 19.3 Å². The highest BCUT2D eigenvalue weighted by Crippen LogP contribution is 2.19. The van der Waals surface area contributed by atoms with Gasteiger partial charge in [0.2, 0.25) is 0 Å². The summed E-state index contributed by atoms with van der Waals surface area (Å²) in [5.74, 6) is -0.862. The molecule has 72 heavy (non-hydrogen) atoms. The van der Waals surface area contributed by atoms with Gasteiger partial charge in [-0.05, 0) is 38.5 Å². The van der Waals surface area contributed by atoms with E-state index in [-0.39, 0.29) is 31.1 Å². The second kappa shape index (κ2) is 61.7. The van der Waals surface area contributed by atoms with Gasteiger partial charge in [0.1, 0.15) is 13.2 Å². The Morgan fingerprint density at radius 3 is 0.750 bits per heavy atom. The minimum atomic E-state index is -0.767. The fraction of sp³-hybridized carbons (Fsp3) is 0.924. The zero-order valence-corrected chi connectivity index (χ0v) is 49.0. The molecule has 0 bridgehead atoms. The van der Waals surface area contributed by atoms with Crippen molar-refractivity contribution in [3.63, 3.8) is 0 Å². The van der Waals surface area contributed by atoms with Crippen LogP contribution in [0.1, 0.15) is 374 Å². The number of hydrogen-bond donors (Lipinski definition) is 0. The van der Waals surface area contributed by atoms with Crippen LogP contribution in [0, 0.1) is 0 Å². The Bertz CT molecular complexity index is 1120. The summed E-state index contributed by atoms with van der Waals surface area (Å²) in [7, 11) is 0. The molecule has 0 heterocycles. The fourth-order valence-corrected chi connectivity index (χ4v) is 10.1. The number of unbranched alkanes of at least 4 members (excludes halogenated alkanes) is 48. The molecule has 6 nitrogen and oxygen atoms in total. The normalized spacial score (nSPS) is 12.0. The van der Waals surface area contributed by atoms with E-state index in [0.717, 1.165) is 70.6 Å². The van der Waals surface area contributed by atoms with Gasteiger partial charge in [0.05, 0.1) is 0 Å². The SMILES string of the molecule is CCC/C=C\CCCCCCCC(=O)OC(COC(=O)CCCCCCCCCCC)COC(=O)CCCCCCCCCCCCCCCCCCCCCCCCCCCCCCCCCCCCC. The average molecular weight is 1020 g/mol. The van der Waals surface area contributed by atoms with Gasteiger partial charge in [-0.25, -0.2) is 0 Å². The van der Waals surface area contributed by atoms with Crippen LogP contribution in [-0.2, 0) is 28.6 Å². The van der Waals surface area contributed by atoms with Gasteiger partial charge >= 0.3 is 17.9 Å². The smallest absolute Gasteiger partial charge is 0.306 e. The quantitative estimate of drug-likeness (QED) is 0.0261.